The summed E-state index contributed by atoms with van der Waals surface area (Å²) in [4.78, 5) is 4.21. The minimum absolute atomic E-state index is 0.199. The average molecular weight is 317 g/mol. The molecule has 0 spiro atoms. The van der Waals surface area contributed by atoms with Crippen LogP contribution in [0.3, 0.4) is 0 Å². The van der Waals surface area contributed by atoms with E-state index in [1.165, 1.54) is 12.2 Å². The SMILES string of the molecule is CNc1ncccc1S(=O)(=O)NCCCCCCSC. The zero-order valence-electron chi connectivity index (χ0n) is 12.1. The Morgan fingerprint density at radius 1 is 1.25 bits per heavy atom. The molecular weight excluding hydrogens is 294 g/mol. The number of hydrogen-bond acceptors (Lipinski definition) is 5. The van der Waals surface area contributed by atoms with E-state index >= 15 is 0 Å². The van der Waals surface area contributed by atoms with E-state index in [4.69, 9.17) is 0 Å². The van der Waals surface area contributed by atoms with E-state index in [0.29, 0.717) is 12.4 Å². The van der Waals surface area contributed by atoms with E-state index in [2.05, 4.69) is 21.3 Å². The van der Waals surface area contributed by atoms with Crippen LogP contribution in [0.4, 0.5) is 5.82 Å². The second-order valence-corrected chi connectivity index (χ2v) is 7.13. The first kappa shape index (κ1) is 17.3. The number of rotatable bonds is 10. The predicted octanol–water partition coefficient (Wildman–Crippen LogP) is 2.33. The highest BCUT2D eigenvalue weighted by molar-refractivity contribution is 7.98. The predicted molar refractivity (Wildman–Crippen MR) is 85.8 cm³/mol. The van der Waals surface area contributed by atoms with E-state index in [1.54, 1.807) is 25.4 Å². The lowest BCUT2D eigenvalue weighted by molar-refractivity contribution is 0.574. The summed E-state index contributed by atoms with van der Waals surface area (Å²) in [5.74, 6) is 1.55. The van der Waals surface area contributed by atoms with Crippen molar-refractivity contribution in [1.29, 1.82) is 0 Å². The van der Waals surface area contributed by atoms with Gasteiger partial charge in [-0.05, 0) is 37.0 Å². The van der Waals surface area contributed by atoms with Crippen molar-refractivity contribution in [2.24, 2.45) is 0 Å². The zero-order chi connectivity index (χ0) is 14.8. The lowest BCUT2D eigenvalue weighted by Gasteiger charge is -2.10. The van der Waals surface area contributed by atoms with Gasteiger partial charge >= 0.3 is 0 Å². The number of unbranched alkanes of at least 4 members (excludes halogenated alkanes) is 3. The van der Waals surface area contributed by atoms with Gasteiger partial charge in [0.1, 0.15) is 10.7 Å². The fraction of sp³-hybridized carbons (Fsp3) is 0.615. The Bertz CT molecular complexity index is 492. The summed E-state index contributed by atoms with van der Waals surface area (Å²) >= 11 is 1.85. The maximum atomic E-state index is 12.2. The Hall–Kier alpha value is -0.790. The van der Waals surface area contributed by atoms with Crippen molar-refractivity contribution in [3.63, 3.8) is 0 Å². The second kappa shape index (κ2) is 9.20. The van der Waals surface area contributed by atoms with Crippen molar-refractivity contribution in [2.45, 2.75) is 30.6 Å². The van der Waals surface area contributed by atoms with Crippen molar-refractivity contribution in [3.8, 4) is 0 Å². The summed E-state index contributed by atoms with van der Waals surface area (Å²) in [6.07, 6.45) is 7.92. The molecule has 2 N–H and O–H groups in total. The molecule has 114 valence electrons. The van der Waals surface area contributed by atoms with E-state index in [-0.39, 0.29) is 4.90 Å². The molecule has 0 fully saturated rings. The van der Waals surface area contributed by atoms with Crippen molar-refractivity contribution >= 4 is 27.6 Å². The lowest BCUT2D eigenvalue weighted by Crippen LogP contribution is -2.25. The fourth-order valence-corrected chi connectivity index (χ4v) is 3.53. The van der Waals surface area contributed by atoms with E-state index in [1.807, 2.05) is 11.8 Å². The quantitative estimate of drug-likeness (QED) is 0.648. The first-order chi connectivity index (χ1) is 9.61. The molecule has 0 unspecified atom stereocenters. The van der Waals surface area contributed by atoms with E-state index in [9.17, 15) is 8.42 Å². The van der Waals surface area contributed by atoms with Crippen LogP contribution in [0.2, 0.25) is 0 Å². The molecule has 0 atom stereocenters. The summed E-state index contributed by atoms with van der Waals surface area (Å²) in [7, 11) is -1.82. The first-order valence-electron chi connectivity index (χ1n) is 6.73. The number of aromatic nitrogens is 1. The molecule has 1 aromatic rings. The molecule has 0 aliphatic heterocycles. The maximum absolute atomic E-state index is 12.2. The first-order valence-corrected chi connectivity index (χ1v) is 9.61. The van der Waals surface area contributed by atoms with E-state index in [0.717, 1.165) is 19.3 Å². The fourth-order valence-electron chi connectivity index (χ4n) is 1.80. The second-order valence-electron chi connectivity index (χ2n) is 4.40. The van der Waals surface area contributed by atoms with Gasteiger partial charge in [0, 0.05) is 19.8 Å². The van der Waals surface area contributed by atoms with Gasteiger partial charge in [-0.25, -0.2) is 18.1 Å². The lowest BCUT2D eigenvalue weighted by atomic mass is 10.2. The Labute approximate surface area is 126 Å². The molecule has 7 heteroatoms. The van der Waals surface area contributed by atoms with Gasteiger partial charge < -0.3 is 5.32 Å². The van der Waals surface area contributed by atoms with Gasteiger partial charge in [0.15, 0.2) is 0 Å². The van der Waals surface area contributed by atoms with Crippen molar-refractivity contribution in [3.05, 3.63) is 18.3 Å². The molecule has 1 rings (SSSR count). The molecule has 0 radical (unpaired) electrons. The molecule has 0 saturated heterocycles. The largest absolute Gasteiger partial charge is 0.372 e. The van der Waals surface area contributed by atoms with Gasteiger partial charge in [0.05, 0.1) is 0 Å². The van der Waals surface area contributed by atoms with Gasteiger partial charge in [-0.3, -0.25) is 0 Å². The van der Waals surface area contributed by atoms with Crippen LogP contribution in [0.1, 0.15) is 25.7 Å². The van der Waals surface area contributed by atoms with Crippen LogP contribution >= 0.6 is 11.8 Å². The number of nitrogens with zero attached hydrogens (tertiary/aromatic N) is 1. The minimum Gasteiger partial charge on any atom is -0.372 e. The zero-order valence-corrected chi connectivity index (χ0v) is 13.7. The van der Waals surface area contributed by atoms with Gasteiger partial charge in [0.2, 0.25) is 10.0 Å². The summed E-state index contributed by atoms with van der Waals surface area (Å²) in [5, 5.41) is 2.79. The third kappa shape index (κ3) is 5.68. The van der Waals surface area contributed by atoms with Crippen molar-refractivity contribution in [1.82, 2.24) is 9.71 Å². The standard InChI is InChI=1S/C13H23N3O2S2/c1-14-13-12(8-7-9-15-13)20(17,18)16-10-5-3-4-6-11-19-2/h7-9,16H,3-6,10-11H2,1-2H3,(H,14,15). The van der Waals surface area contributed by atoms with E-state index < -0.39 is 10.0 Å². The molecule has 0 aliphatic carbocycles. The highest BCUT2D eigenvalue weighted by atomic mass is 32.2. The molecule has 5 nitrogen and oxygen atoms in total. The normalized spacial score (nSPS) is 11.5. The molecule has 0 aliphatic rings. The minimum atomic E-state index is -3.48. The number of pyridine rings is 1. The Morgan fingerprint density at radius 3 is 2.70 bits per heavy atom. The van der Waals surface area contributed by atoms with Crippen LogP contribution in [-0.4, -0.2) is 39.0 Å². The summed E-state index contributed by atoms with van der Waals surface area (Å²) < 4.78 is 26.9. The number of nitrogens with one attached hydrogen (secondary N) is 2. The van der Waals surface area contributed by atoms with Crippen LogP contribution < -0.4 is 10.0 Å². The molecule has 0 amide bonds. The molecule has 1 aromatic heterocycles. The number of sulfonamides is 1. The third-order valence-electron chi connectivity index (χ3n) is 2.86. The van der Waals surface area contributed by atoms with Gasteiger partial charge in [-0.2, -0.15) is 11.8 Å². The Morgan fingerprint density at radius 2 is 2.00 bits per heavy atom. The smallest absolute Gasteiger partial charge is 0.244 e. The van der Waals surface area contributed by atoms with Gasteiger partial charge in [-0.15, -0.1) is 0 Å². The topological polar surface area (TPSA) is 71.1 Å². The average Bonchev–Trinajstić information content (AvgIpc) is 2.46. The van der Waals surface area contributed by atoms with Crippen LogP contribution in [0.25, 0.3) is 0 Å². The summed E-state index contributed by atoms with van der Waals surface area (Å²) in [6, 6.07) is 3.18. The molecule has 0 bridgehead atoms. The Balaban J connectivity index is 2.42. The van der Waals surface area contributed by atoms with Crippen LogP contribution in [0.15, 0.2) is 23.2 Å². The highest BCUT2D eigenvalue weighted by Gasteiger charge is 2.17. The van der Waals surface area contributed by atoms with Crippen molar-refractivity contribution in [2.75, 3.05) is 30.9 Å². The third-order valence-corrected chi connectivity index (χ3v) is 5.05. The number of anilines is 1. The molecule has 0 aromatic carbocycles. The van der Waals surface area contributed by atoms with Gasteiger partial charge in [-0.1, -0.05) is 12.8 Å². The molecule has 1 heterocycles. The highest BCUT2D eigenvalue weighted by Crippen LogP contribution is 2.17. The van der Waals surface area contributed by atoms with Crippen LogP contribution in [0.5, 0.6) is 0 Å². The van der Waals surface area contributed by atoms with Gasteiger partial charge in [0.25, 0.3) is 0 Å². The molecular formula is C13H23N3O2S2. The maximum Gasteiger partial charge on any atom is 0.244 e. The van der Waals surface area contributed by atoms with Crippen molar-refractivity contribution < 1.29 is 8.42 Å². The van der Waals surface area contributed by atoms with Crippen LogP contribution in [0, 0.1) is 0 Å². The number of thioether (sulfide) groups is 1. The summed E-state index contributed by atoms with van der Waals surface area (Å²) in [5.41, 5.74) is 0. The number of hydrogen-bond donors (Lipinski definition) is 2. The molecule has 20 heavy (non-hydrogen) atoms. The monoisotopic (exact) mass is 317 g/mol. The molecule has 0 saturated carbocycles. The Kier molecular flexibility index (Phi) is 7.94. The van der Waals surface area contributed by atoms with Crippen LogP contribution in [-0.2, 0) is 10.0 Å². The summed E-state index contributed by atoms with van der Waals surface area (Å²) in [6.45, 7) is 0.472.